The zero-order valence-electron chi connectivity index (χ0n) is 17.6. The summed E-state index contributed by atoms with van der Waals surface area (Å²) in [5, 5.41) is 0.946. The van der Waals surface area contributed by atoms with E-state index < -0.39 is 0 Å². The molecule has 0 saturated heterocycles. The lowest BCUT2D eigenvalue weighted by molar-refractivity contribution is 0.104. The number of hydrogen-bond donors (Lipinski definition) is 0. The molecular weight excluding hydrogens is 388 g/mol. The summed E-state index contributed by atoms with van der Waals surface area (Å²) in [7, 11) is 3.20. The number of ether oxygens (including phenoxy) is 4. The summed E-state index contributed by atoms with van der Waals surface area (Å²) in [6.45, 7) is 7.80. The fourth-order valence-corrected chi connectivity index (χ4v) is 4.01. The third kappa shape index (κ3) is 4.65. The number of rotatable bonds is 8. The molecule has 3 aromatic rings. The van der Waals surface area contributed by atoms with Gasteiger partial charge in [-0.25, -0.2) is 0 Å². The SMILES string of the molecule is COc1ccc(C(=O)c2cc3cc(OC(C)C)c(OC)cc3s2)cc1OC(C)C. The number of carbonyl (C=O) groups excluding carboxylic acids is 1. The number of ketones is 1. The molecular formula is C23H26O5S. The van der Waals surface area contributed by atoms with Crippen molar-refractivity contribution in [3.8, 4) is 23.0 Å². The number of thiophene rings is 1. The Morgan fingerprint density at radius 2 is 1.41 bits per heavy atom. The van der Waals surface area contributed by atoms with Gasteiger partial charge in [-0.15, -0.1) is 11.3 Å². The van der Waals surface area contributed by atoms with Crippen LogP contribution in [0, 0.1) is 0 Å². The highest BCUT2D eigenvalue weighted by atomic mass is 32.1. The van der Waals surface area contributed by atoms with E-state index in [1.54, 1.807) is 32.4 Å². The Bertz CT molecular complexity index is 1020. The van der Waals surface area contributed by atoms with E-state index in [1.165, 1.54) is 11.3 Å². The summed E-state index contributed by atoms with van der Waals surface area (Å²) >= 11 is 1.43. The van der Waals surface area contributed by atoms with Crippen LogP contribution in [0.15, 0.2) is 36.4 Å². The molecule has 0 spiro atoms. The third-order valence-corrected chi connectivity index (χ3v) is 5.27. The van der Waals surface area contributed by atoms with Crippen LogP contribution >= 0.6 is 11.3 Å². The minimum atomic E-state index is -0.0623. The molecule has 0 radical (unpaired) electrons. The average molecular weight is 415 g/mol. The Labute approximate surface area is 175 Å². The summed E-state index contributed by atoms with van der Waals surface area (Å²) in [6.07, 6.45) is 0.00480. The van der Waals surface area contributed by atoms with Gasteiger partial charge in [0.2, 0.25) is 5.78 Å². The molecule has 0 saturated carbocycles. The first-order valence-corrected chi connectivity index (χ1v) is 10.3. The van der Waals surface area contributed by atoms with E-state index in [2.05, 4.69) is 0 Å². The van der Waals surface area contributed by atoms with Crippen LogP contribution in [0.3, 0.4) is 0 Å². The second-order valence-electron chi connectivity index (χ2n) is 7.18. The fraction of sp³-hybridized carbons (Fsp3) is 0.348. The van der Waals surface area contributed by atoms with Crippen molar-refractivity contribution in [2.45, 2.75) is 39.9 Å². The molecule has 0 aliphatic carbocycles. The molecule has 1 aromatic heterocycles. The highest BCUT2D eigenvalue weighted by molar-refractivity contribution is 7.21. The van der Waals surface area contributed by atoms with Crippen molar-refractivity contribution >= 4 is 27.2 Å². The molecule has 3 rings (SSSR count). The Balaban J connectivity index is 1.99. The zero-order chi connectivity index (χ0) is 21.1. The summed E-state index contributed by atoms with van der Waals surface area (Å²) in [4.78, 5) is 13.8. The molecule has 0 atom stereocenters. The normalized spacial score (nSPS) is 11.2. The molecule has 0 unspecified atom stereocenters. The predicted molar refractivity (Wildman–Crippen MR) is 116 cm³/mol. The third-order valence-electron chi connectivity index (χ3n) is 4.18. The molecule has 154 valence electrons. The number of fused-ring (bicyclic) bond motifs is 1. The van der Waals surface area contributed by atoms with Crippen molar-refractivity contribution < 1.29 is 23.7 Å². The van der Waals surface area contributed by atoms with Crippen LogP contribution in [0.5, 0.6) is 23.0 Å². The van der Waals surface area contributed by atoms with E-state index in [0.29, 0.717) is 33.4 Å². The van der Waals surface area contributed by atoms with E-state index in [0.717, 1.165) is 10.1 Å². The van der Waals surface area contributed by atoms with Gasteiger partial charge in [0.25, 0.3) is 0 Å². The molecule has 5 nitrogen and oxygen atoms in total. The van der Waals surface area contributed by atoms with Crippen molar-refractivity contribution in [2.75, 3.05) is 14.2 Å². The van der Waals surface area contributed by atoms with Crippen LogP contribution in [-0.2, 0) is 0 Å². The van der Waals surface area contributed by atoms with Crippen LogP contribution in [0.25, 0.3) is 10.1 Å². The van der Waals surface area contributed by atoms with E-state index in [-0.39, 0.29) is 18.0 Å². The second-order valence-corrected chi connectivity index (χ2v) is 8.26. The summed E-state index contributed by atoms with van der Waals surface area (Å²) in [5.74, 6) is 2.43. The molecule has 29 heavy (non-hydrogen) atoms. The molecule has 0 amide bonds. The predicted octanol–water partition coefficient (Wildman–Crippen LogP) is 5.72. The zero-order valence-corrected chi connectivity index (χ0v) is 18.4. The van der Waals surface area contributed by atoms with E-state index in [9.17, 15) is 4.79 Å². The van der Waals surface area contributed by atoms with E-state index in [1.807, 2.05) is 45.9 Å². The van der Waals surface area contributed by atoms with Crippen molar-refractivity contribution in [3.05, 3.63) is 46.8 Å². The van der Waals surface area contributed by atoms with Gasteiger partial charge in [-0.1, -0.05) is 0 Å². The van der Waals surface area contributed by atoms with Gasteiger partial charge in [-0.2, -0.15) is 0 Å². The standard InChI is InChI=1S/C23H26O5S/c1-13(2)27-19-9-15(7-8-17(19)25-5)23(24)22-11-16-10-20(28-14(3)4)18(26-6)12-21(16)29-22/h7-14H,1-6H3. The summed E-state index contributed by atoms with van der Waals surface area (Å²) in [5.41, 5.74) is 0.554. The molecule has 0 aliphatic heterocycles. The minimum absolute atomic E-state index is 0.0228. The average Bonchev–Trinajstić information content (AvgIpc) is 3.08. The number of hydrogen-bond acceptors (Lipinski definition) is 6. The van der Waals surface area contributed by atoms with Crippen molar-refractivity contribution in [1.82, 2.24) is 0 Å². The van der Waals surface area contributed by atoms with Crippen molar-refractivity contribution in [2.24, 2.45) is 0 Å². The first-order valence-electron chi connectivity index (χ1n) is 9.50. The Hall–Kier alpha value is -2.73. The van der Waals surface area contributed by atoms with Crippen LogP contribution < -0.4 is 18.9 Å². The first kappa shape index (κ1) is 21.0. The minimum Gasteiger partial charge on any atom is -0.493 e. The molecule has 0 bridgehead atoms. The monoisotopic (exact) mass is 414 g/mol. The van der Waals surface area contributed by atoms with E-state index >= 15 is 0 Å². The number of methoxy groups -OCH3 is 2. The Kier molecular flexibility index (Phi) is 6.33. The van der Waals surface area contributed by atoms with Gasteiger partial charge in [-0.3, -0.25) is 4.79 Å². The van der Waals surface area contributed by atoms with Gasteiger partial charge in [0.1, 0.15) is 0 Å². The maximum atomic E-state index is 13.1. The quantitative estimate of drug-likeness (QED) is 0.441. The first-order chi connectivity index (χ1) is 13.8. The maximum Gasteiger partial charge on any atom is 0.203 e. The topological polar surface area (TPSA) is 54.0 Å². The van der Waals surface area contributed by atoms with E-state index in [4.69, 9.17) is 18.9 Å². The molecule has 0 N–H and O–H groups in total. The molecule has 0 aliphatic rings. The largest absolute Gasteiger partial charge is 0.493 e. The maximum absolute atomic E-state index is 13.1. The molecule has 6 heteroatoms. The summed E-state index contributed by atoms with van der Waals surface area (Å²) < 4.78 is 23.4. The van der Waals surface area contributed by atoms with Crippen LogP contribution in [0.2, 0.25) is 0 Å². The second kappa shape index (κ2) is 8.74. The highest BCUT2D eigenvalue weighted by Gasteiger charge is 2.18. The number of carbonyl (C=O) groups is 1. The van der Waals surface area contributed by atoms with Crippen LogP contribution in [-0.4, -0.2) is 32.2 Å². The van der Waals surface area contributed by atoms with Gasteiger partial charge in [-0.05, 0) is 63.4 Å². The van der Waals surface area contributed by atoms with Gasteiger partial charge < -0.3 is 18.9 Å². The fourth-order valence-electron chi connectivity index (χ4n) is 2.97. The van der Waals surface area contributed by atoms with Crippen LogP contribution in [0.4, 0.5) is 0 Å². The molecule has 2 aromatic carbocycles. The highest BCUT2D eigenvalue weighted by Crippen LogP contribution is 2.38. The molecule has 1 heterocycles. The molecule has 0 fully saturated rings. The van der Waals surface area contributed by atoms with Crippen molar-refractivity contribution in [1.29, 1.82) is 0 Å². The van der Waals surface area contributed by atoms with Gasteiger partial charge in [0.15, 0.2) is 23.0 Å². The van der Waals surface area contributed by atoms with Gasteiger partial charge >= 0.3 is 0 Å². The number of benzene rings is 2. The Morgan fingerprint density at radius 1 is 0.793 bits per heavy atom. The van der Waals surface area contributed by atoms with Crippen molar-refractivity contribution in [3.63, 3.8) is 0 Å². The lowest BCUT2D eigenvalue weighted by atomic mass is 10.1. The summed E-state index contributed by atoms with van der Waals surface area (Å²) in [6, 6.07) is 11.0. The Morgan fingerprint density at radius 3 is 2.00 bits per heavy atom. The smallest absolute Gasteiger partial charge is 0.203 e. The van der Waals surface area contributed by atoms with Crippen LogP contribution in [0.1, 0.15) is 42.9 Å². The lowest BCUT2D eigenvalue weighted by Gasteiger charge is -2.14. The van der Waals surface area contributed by atoms with Gasteiger partial charge in [0, 0.05) is 16.3 Å². The lowest BCUT2D eigenvalue weighted by Crippen LogP contribution is -2.08. The van der Waals surface area contributed by atoms with Gasteiger partial charge in [0.05, 0.1) is 31.3 Å².